The average Bonchev–Trinajstić information content (AvgIpc) is 3.15. The quantitative estimate of drug-likeness (QED) is 0.338. The third-order valence-corrected chi connectivity index (χ3v) is 11.5. The Morgan fingerprint density at radius 1 is 0.710 bits per heavy atom. The number of benzene rings is 3. The zero-order valence-corrected chi connectivity index (χ0v) is 18.6. The lowest BCUT2D eigenvalue weighted by molar-refractivity contribution is -0.136. The largest absolute Gasteiger partial charge is 0.318 e. The van der Waals surface area contributed by atoms with Gasteiger partial charge in [-0.1, -0.05) is 91.0 Å². The molecule has 1 atom stereocenters. The molecule has 3 aromatic rings. The fourth-order valence-corrected chi connectivity index (χ4v) is 10.1. The highest BCUT2D eigenvalue weighted by molar-refractivity contribution is 7.12. The molecule has 4 rings (SSSR count). The molecule has 3 aromatic carbocycles. The van der Waals surface area contributed by atoms with E-state index in [-0.39, 0.29) is 17.5 Å². The van der Waals surface area contributed by atoms with Crippen LogP contribution in [0.2, 0.25) is 0 Å². The van der Waals surface area contributed by atoms with Crippen LogP contribution in [0.25, 0.3) is 0 Å². The highest BCUT2D eigenvalue weighted by Gasteiger charge is 2.46. The number of carbonyl (C=O) groups is 2. The number of hydrogen-bond acceptors (Lipinski definition) is 3. The first-order valence-corrected chi connectivity index (χ1v) is 12.6. The van der Waals surface area contributed by atoms with Crippen molar-refractivity contribution >= 4 is 35.4 Å². The molecule has 156 valence electrons. The van der Waals surface area contributed by atoms with Crippen LogP contribution in [0.4, 0.5) is 0 Å². The Kier molecular flexibility index (Phi) is 6.25. The van der Waals surface area contributed by atoms with Crippen molar-refractivity contribution in [2.75, 3.05) is 13.6 Å². The summed E-state index contributed by atoms with van der Waals surface area (Å²) in [4.78, 5) is 25.6. The first kappa shape index (κ1) is 21.0. The Hall–Kier alpha value is -3.28. The van der Waals surface area contributed by atoms with E-state index in [9.17, 15) is 9.59 Å². The van der Waals surface area contributed by atoms with Crippen LogP contribution in [0.1, 0.15) is 6.42 Å². The molecule has 0 saturated heterocycles. The molecule has 31 heavy (non-hydrogen) atoms. The van der Waals surface area contributed by atoms with Gasteiger partial charge in [-0.05, 0) is 29.0 Å². The van der Waals surface area contributed by atoms with Gasteiger partial charge >= 0.3 is 0 Å². The third kappa shape index (κ3) is 3.90. The van der Waals surface area contributed by atoms with E-state index in [0.29, 0.717) is 13.0 Å². The summed E-state index contributed by atoms with van der Waals surface area (Å²) in [5.41, 5.74) is 0.0703. The summed E-state index contributed by atoms with van der Waals surface area (Å²) in [7, 11) is -0.571. The lowest BCUT2D eigenvalue weighted by atomic mass is 10.3. The van der Waals surface area contributed by atoms with Gasteiger partial charge in [-0.2, -0.15) is 0 Å². The van der Waals surface area contributed by atoms with Crippen LogP contribution in [0, 0.1) is 0 Å². The molecule has 0 saturated carbocycles. The summed E-state index contributed by atoms with van der Waals surface area (Å²) in [5, 5.41) is 7.47. The van der Waals surface area contributed by atoms with E-state index >= 15 is 0 Å². The SMILES string of the molecule is CNC(CCN1C(=O)C=CC1=O)[Si](c1ccccc1)(c1ccccc1)c1ccccc1. The average molecular weight is 427 g/mol. The normalized spacial score (nSPS) is 14.8. The van der Waals surface area contributed by atoms with E-state index < -0.39 is 8.07 Å². The molecule has 0 spiro atoms. The minimum Gasteiger partial charge on any atom is -0.318 e. The van der Waals surface area contributed by atoms with Gasteiger partial charge in [0.25, 0.3) is 11.8 Å². The molecule has 0 radical (unpaired) electrons. The van der Waals surface area contributed by atoms with E-state index in [1.807, 2.05) is 25.2 Å². The molecule has 1 unspecified atom stereocenters. The van der Waals surface area contributed by atoms with Crippen molar-refractivity contribution in [3.63, 3.8) is 0 Å². The number of nitrogens with zero attached hydrogens (tertiary/aromatic N) is 1. The van der Waals surface area contributed by atoms with Crippen LogP contribution in [-0.4, -0.2) is 44.0 Å². The van der Waals surface area contributed by atoms with Gasteiger partial charge in [-0.3, -0.25) is 14.5 Å². The summed E-state index contributed by atoms with van der Waals surface area (Å²) < 4.78 is 0. The van der Waals surface area contributed by atoms with Crippen LogP contribution in [0.3, 0.4) is 0 Å². The molecule has 1 aliphatic heterocycles. The molecular weight excluding hydrogens is 400 g/mol. The molecule has 0 aromatic heterocycles. The van der Waals surface area contributed by atoms with Crippen LogP contribution < -0.4 is 20.9 Å². The Bertz CT molecular complexity index is 954. The molecule has 5 heteroatoms. The van der Waals surface area contributed by atoms with Crippen molar-refractivity contribution in [3.8, 4) is 0 Å². The monoisotopic (exact) mass is 426 g/mol. The Morgan fingerprint density at radius 2 is 1.10 bits per heavy atom. The molecule has 0 bridgehead atoms. The van der Waals surface area contributed by atoms with Gasteiger partial charge in [0.15, 0.2) is 8.07 Å². The van der Waals surface area contributed by atoms with E-state index in [4.69, 9.17) is 0 Å². The predicted molar refractivity (Wildman–Crippen MR) is 127 cm³/mol. The van der Waals surface area contributed by atoms with Crippen molar-refractivity contribution < 1.29 is 9.59 Å². The third-order valence-electron chi connectivity index (χ3n) is 6.10. The fraction of sp³-hybridized carbons (Fsp3) is 0.154. The lowest BCUT2D eigenvalue weighted by Crippen LogP contribution is -2.77. The Morgan fingerprint density at radius 3 is 1.45 bits per heavy atom. The van der Waals surface area contributed by atoms with Gasteiger partial charge < -0.3 is 5.32 Å². The molecule has 2 amide bonds. The van der Waals surface area contributed by atoms with Gasteiger partial charge in [0.1, 0.15) is 0 Å². The number of carbonyl (C=O) groups excluding carboxylic acids is 2. The molecule has 1 N–H and O–H groups in total. The first-order chi connectivity index (χ1) is 15.2. The zero-order chi connectivity index (χ0) is 21.7. The van der Waals surface area contributed by atoms with E-state index in [1.165, 1.54) is 32.6 Å². The molecule has 0 aliphatic carbocycles. The maximum atomic E-state index is 12.2. The Balaban J connectivity index is 1.86. The topological polar surface area (TPSA) is 49.4 Å². The summed E-state index contributed by atoms with van der Waals surface area (Å²) in [6, 6.07) is 31.9. The van der Waals surface area contributed by atoms with Crippen molar-refractivity contribution in [1.82, 2.24) is 10.2 Å². The van der Waals surface area contributed by atoms with Crippen LogP contribution in [0.15, 0.2) is 103 Å². The van der Waals surface area contributed by atoms with Crippen LogP contribution >= 0.6 is 0 Å². The van der Waals surface area contributed by atoms with E-state index in [0.717, 1.165) is 0 Å². The number of nitrogens with one attached hydrogen (secondary N) is 1. The predicted octanol–water partition coefficient (Wildman–Crippen LogP) is 1.60. The molecular formula is C26H26N2O2Si. The minimum atomic E-state index is -2.55. The summed E-state index contributed by atoms with van der Waals surface area (Å²) >= 11 is 0. The lowest BCUT2D eigenvalue weighted by Gasteiger charge is -2.41. The zero-order valence-electron chi connectivity index (χ0n) is 17.6. The summed E-state index contributed by atoms with van der Waals surface area (Å²) in [6.45, 7) is 0.386. The van der Waals surface area contributed by atoms with Crippen LogP contribution in [0.5, 0.6) is 0 Å². The maximum absolute atomic E-state index is 12.2. The van der Waals surface area contributed by atoms with Gasteiger partial charge in [0, 0.05) is 24.4 Å². The smallest absolute Gasteiger partial charge is 0.253 e. The van der Waals surface area contributed by atoms with Gasteiger partial charge in [0.2, 0.25) is 0 Å². The second kappa shape index (κ2) is 9.25. The minimum absolute atomic E-state index is 0.0703. The second-order valence-electron chi connectivity index (χ2n) is 7.70. The van der Waals surface area contributed by atoms with Gasteiger partial charge in [0.05, 0.1) is 0 Å². The fourth-order valence-electron chi connectivity index (χ4n) is 4.69. The molecule has 0 fully saturated rings. The number of rotatable bonds is 8. The number of hydrogen-bond donors (Lipinski definition) is 1. The van der Waals surface area contributed by atoms with Crippen molar-refractivity contribution in [2.45, 2.75) is 12.1 Å². The first-order valence-electron chi connectivity index (χ1n) is 10.6. The van der Waals surface area contributed by atoms with E-state index in [2.05, 4.69) is 78.1 Å². The standard InChI is InChI=1S/C26H26N2O2Si/c1-27-24(19-20-28-25(29)17-18-26(28)30)31(21-11-5-2-6-12-21,22-13-7-3-8-14-22)23-15-9-4-10-16-23/h2-18,24,27H,19-20H2,1H3. The van der Waals surface area contributed by atoms with Crippen molar-refractivity contribution in [3.05, 3.63) is 103 Å². The van der Waals surface area contributed by atoms with Crippen molar-refractivity contribution in [2.24, 2.45) is 0 Å². The highest BCUT2D eigenvalue weighted by atomic mass is 28.3. The summed E-state index contributed by atoms with van der Waals surface area (Å²) in [6.07, 6.45) is 3.38. The number of amides is 2. The van der Waals surface area contributed by atoms with Crippen molar-refractivity contribution in [1.29, 1.82) is 0 Å². The molecule has 1 heterocycles. The van der Waals surface area contributed by atoms with Crippen LogP contribution in [-0.2, 0) is 9.59 Å². The summed E-state index contributed by atoms with van der Waals surface area (Å²) in [5.74, 6) is -0.461. The van der Waals surface area contributed by atoms with Gasteiger partial charge in [-0.15, -0.1) is 0 Å². The number of imide groups is 1. The molecule has 1 aliphatic rings. The second-order valence-corrected chi connectivity index (χ2v) is 11.7. The highest BCUT2D eigenvalue weighted by Crippen LogP contribution is 2.17. The maximum Gasteiger partial charge on any atom is 0.253 e. The van der Waals surface area contributed by atoms with Gasteiger partial charge in [-0.25, -0.2) is 0 Å². The Labute approximate surface area is 184 Å². The van der Waals surface area contributed by atoms with E-state index in [1.54, 1.807) is 0 Å². The molecule has 4 nitrogen and oxygen atoms in total.